The molecule has 1 aliphatic carbocycles. The van der Waals surface area contributed by atoms with Crippen LogP contribution in [0.25, 0.3) is 11.4 Å². The van der Waals surface area contributed by atoms with Crippen molar-refractivity contribution in [2.45, 2.75) is 39.2 Å². The molecule has 1 heterocycles. The number of ether oxygens (including phenoxy) is 1. The molecule has 0 aliphatic heterocycles. The first-order chi connectivity index (χ1) is 13.1. The molecule has 4 rings (SSSR count). The lowest BCUT2D eigenvalue weighted by molar-refractivity contribution is 0.328. The summed E-state index contributed by atoms with van der Waals surface area (Å²) in [7, 11) is 2.23. The zero-order valence-electron chi connectivity index (χ0n) is 16.5. The number of likely N-dealkylation sites (N-methyl/N-ethyl adjacent to an activating group) is 1. The van der Waals surface area contributed by atoms with E-state index in [1.54, 1.807) is 0 Å². The highest BCUT2D eigenvalue weighted by Gasteiger charge is 2.25. The second kappa shape index (κ2) is 9.03. The van der Waals surface area contributed by atoms with Crippen molar-refractivity contribution in [3.8, 4) is 22.3 Å². The molecule has 148 valence electrons. The number of nitrogens with zero attached hydrogens (tertiary/aromatic N) is 3. The van der Waals surface area contributed by atoms with Gasteiger partial charge in [-0.3, -0.25) is 0 Å². The predicted octanol–water partition coefficient (Wildman–Crippen LogP) is 5.67. The molecule has 0 bridgehead atoms. The van der Waals surface area contributed by atoms with Crippen LogP contribution in [-0.4, -0.2) is 33.9 Å². The second-order valence-corrected chi connectivity index (χ2v) is 8.07. The minimum absolute atomic E-state index is 0. The van der Waals surface area contributed by atoms with Gasteiger partial charge in [0.05, 0.1) is 0 Å². The van der Waals surface area contributed by atoms with Crippen LogP contribution in [0.2, 0.25) is 0 Å². The van der Waals surface area contributed by atoms with Crippen molar-refractivity contribution in [1.29, 1.82) is 0 Å². The van der Waals surface area contributed by atoms with Crippen LogP contribution in [0, 0.1) is 13.8 Å². The van der Waals surface area contributed by atoms with Crippen LogP contribution in [0.1, 0.15) is 29.5 Å². The third kappa shape index (κ3) is 4.90. The molecule has 0 N–H and O–H groups in total. The molecule has 1 fully saturated rings. The lowest BCUT2D eigenvalue weighted by Crippen LogP contribution is -2.23. The zero-order chi connectivity index (χ0) is 18.8. The molecular formula is C22H26ClN3OS. The van der Waals surface area contributed by atoms with Crippen LogP contribution >= 0.6 is 23.9 Å². The van der Waals surface area contributed by atoms with Crippen LogP contribution in [0.4, 0.5) is 0 Å². The smallest absolute Gasteiger partial charge is 0.299 e. The second-order valence-electron chi connectivity index (χ2n) is 7.36. The largest absolute Gasteiger partial charge is 0.430 e. The summed E-state index contributed by atoms with van der Waals surface area (Å²) in [5.41, 5.74) is 4.81. The van der Waals surface area contributed by atoms with E-state index in [-0.39, 0.29) is 12.4 Å². The fourth-order valence-electron chi connectivity index (χ4n) is 3.27. The molecule has 0 spiro atoms. The average molecular weight is 416 g/mol. The normalized spacial score (nSPS) is 13.4. The maximum absolute atomic E-state index is 6.06. The number of rotatable bonds is 7. The average Bonchev–Trinajstić information content (AvgIpc) is 3.43. The van der Waals surface area contributed by atoms with Gasteiger partial charge in [0.1, 0.15) is 5.75 Å². The zero-order valence-corrected chi connectivity index (χ0v) is 18.1. The first-order valence-electron chi connectivity index (χ1n) is 9.47. The predicted molar refractivity (Wildman–Crippen MR) is 118 cm³/mol. The molecule has 3 aromatic rings. The van der Waals surface area contributed by atoms with Crippen molar-refractivity contribution in [2.24, 2.45) is 0 Å². The Morgan fingerprint density at radius 2 is 1.86 bits per heavy atom. The molecule has 2 aromatic carbocycles. The number of hydrogen-bond acceptors (Lipinski definition) is 5. The Kier molecular flexibility index (Phi) is 6.70. The highest BCUT2D eigenvalue weighted by Crippen LogP contribution is 2.31. The lowest BCUT2D eigenvalue weighted by atomic mass is 10.0. The fourth-order valence-corrected chi connectivity index (χ4v) is 3.84. The molecule has 0 unspecified atom stereocenters. The Balaban J connectivity index is 0.00000225. The van der Waals surface area contributed by atoms with Gasteiger partial charge in [-0.25, -0.2) is 0 Å². The summed E-state index contributed by atoms with van der Waals surface area (Å²) < 4.78 is 10.5. The summed E-state index contributed by atoms with van der Waals surface area (Å²) in [5.74, 6) is 1.58. The molecule has 0 amide bonds. The molecule has 0 radical (unpaired) electrons. The van der Waals surface area contributed by atoms with Crippen molar-refractivity contribution < 1.29 is 4.74 Å². The van der Waals surface area contributed by atoms with Crippen molar-refractivity contribution in [1.82, 2.24) is 14.3 Å². The van der Waals surface area contributed by atoms with E-state index in [2.05, 4.69) is 47.3 Å². The van der Waals surface area contributed by atoms with Crippen LogP contribution in [0.5, 0.6) is 10.9 Å². The van der Waals surface area contributed by atoms with E-state index in [4.69, 9.17) is 4.74 Å². The van der Waals surface area contributed by atoms with Crippen molar-refractivity contribution in [2.75, 3.05) is 13.6 Å². The van der Waals surface area contributed by atoms with Gasteiger partial charge in [-0.2, -0.15) is 9.36 Å². The maximum atomic E-state index is 6.06. The molecule has 1 aromatic heterocycles. The quantitative estimate of drug-likeness (QED) is 0.498. The summed E-state index contributed by atoms with van der Waals surface area (Å²) >= 11 is 1.29. The highest BCUT2D eigenvalue weighted by atomic mass is 35.5. The Hall–Kier alpha value is -1.95. The maximum Gasteiger partial charge on any atom is 0.299 e. The Morgan fingerprint density at radius 3 is 2.57 bits per heavy atom. The number of halogens is 1. The Bertz CT molecular complexity index is 925. The number of aromatic nitrogens is 2. The van der Waals surface area contributed by atoms with E-state index in [1.807, 2.05) is 30.3 Å². The van der Waals surface area contributed by atoms with E-state index < -0.39 is 0 Å². The number of aryl methyl sites for hydroxylation is 2. The molecule has 28 heavy (non-hydrogen) atoms. The SMILES string of the molecule is Cc1cc(Oc2nc(-c3ccccc3)ns2)c(C)cc1CCN(C)C1CC1.Cl. The van der Waals surface area contributed by atoms with E-state index in [9.17, 15) is 0 Å². The van der Waals surface area contributed by atoms with Crippen LogP contribution in [0.15, 0.2) is 42.5 Å². The monoisotopic (exact) mass is 415 g/mol. The molecule has 0 atom stereocenters. The molecule has 4 nitrogen and oxygen atoms in total. The van der Waals surface area contributed by atoms with Gasteiger partial charge in [-0.05, 0) is 62.9 Å². The van der Waals surface area contributed by atoms with Gasteiger partial charge in [0, 0.05) is 29.7 Å². The third-order valence-electron chi connectivity index (χ3n) is 5.17. The Labute approximate surface area is 177 Å². The van der Waals surface area contributed by atoms with E-state index >= 15 is 0 Å². The minimum atomic E-state index is 0. The summed E-state index contributed by atoms with van der Waals surface area (Å²) in [6.07, 6.45) is 3.79. The molecular weight excluding hydrogens is 390 g/mol. The van der Waals surface area contributed by atoms with Gasteiger partial charge in [0.2, 0.25) is 0 Å². The lowest BCUT2D eigenvalue weighted by Gasteiger charge is -2.17. The topological polar surface area (TPSA) is 38.3 Å². The van der Waals surface area contributed by atoms with Gasteiger partial charge < -0.3 is 9.64 Å². The van der Waals surface area contributed by atoms with Crippen LogP contribution in [-0.2, 0) is 6.42 Å². The van der Waals surface area contributed by atoms with Gasteiger partial charge in [-0.1, -0.05) is 36.4 Å². The summed E-state index contributed by atoms with van der Waals surface area (Å²) in [6, 6.07) is 15.2. The first-order valence-corrected chi connectivity index (χ1v) is 10.2. The Morgan fingerprint density at radius 1 is 1.11 bits per heavy atom. The van der Waals surface area contributed by atoms with Crippen molar-refractivity contribution in [3.63, 3.8) is 0 Å². The molecule has 6 heteroatoms. The van der Waals surface area contributed by atoms with Crippen molar-refractivity contribution >= 4 is 23.9 Å². The van der Waals surface area contributed by atoms with Crippen LogP contribution < -0.4 is 4.74 Å². The number of hydrogen-bond donors (Lipinski definition) is 0. The first kappa shape index (κ1) is 20.8. The standard InChI is InChI=1S/C22H25N3OS.ClH/c1-15-14-20(16(2)13-18(15)11-12-25(3)19-9-10-19)26-22-23-21(24-27-22)17-7-5-4-6-8-17;/h4-8,13-14,19H,9-12H2,1-3H3;1H. The minimum Gasteiger partial charge on any atom is -0.430 e. The van der Waals surface area contributed by atoms with Crippen molar-refractivity contribution in [3.05, 3.63) is 59.2 Å². The molecule has 0 saturated heterocycles. The molecule has 1 aliphatic rings. The van der Waals surface area contributed by atoms with Gasteiger partial charge >= 0.3 is 0 Å². The summed E-state index contributed by atoms with van der Waals surface area (Å²) in [6.45, 7) is 5.37. The highest BCUT2D eigenvalue weighted by molar-refractivity contribution is 7.07. The van der Waals surface area contributed by atoms with Crippen LogP contribution in [0.3, 0.4) is 0 Å². The fraction of sp³-hybridized carbons (Fsp3) is 0.364. The molecule has 1 saturated carbocycles. The van der Waals surface area contributed by atoms with Gasteiger partial charge in [0.15, 0.2) is 5.82 Å². The van der Waals surface area contributed by atoms with Gasteiger partial charge in [-0.15, -0.1) is 12.4 Å². The number of benzene rings is 2. The summed E-state index contributed by atoms with van der Waals surface area (Å²) in [5, 5.41) is 0.581. The van der Waals surface area contributed by atoms with E-state index in [0.29, 0.717) is 11.0 Å². The van der Waals surface area contributed by atoms with E-state index in [1.165, 1.54) is 35.5 Å². The van der Waals surface area contributed by atoms with E-state index in [0.717, 1.165) is 35.9 Å². The summed E-state index contributed by atoms with van der Waals surface area (Å²) in [4.78, 5) is 7.01. The van der Waals surface area contributed by atoms with Gasteiger partial charge in [0.25, 0.3) is 5.19 Å². The third-order valence-corrected chi connectivity index (χ3v) is 5.77.